The number of rotatable bonds is 6. The quantitative estimate of drug-likeness (QED) is 0.482. The highest BCUT2D eigenvalue weighted by Gasteiger charge is 2.17. The normalized spacial score (nSPS) is 10.2. The van der Waals surface area contributed by atoms with Crippen LogP contribution in [0.5, 0.6) is 0 Å². The number of aromatic nitrogens is 1. The molecule has 5 nitrogen and oxygen atoms in total. The Morgan fingerprint density at radius 1 is 1.56 bits per heavy atom. The van der Waals surface area contributed by atoms with Crippen LogP contribution in [0.4, 0.5) is 5.13 Å². The summed E-state index contributed by atoms with van der Waals surface area (Å²) < 4.78 is 9.53. The van der Waals surface area contributed by atoms with Gasteiger partial charge in [0.2, 0.25) is 0 Å². The van der Waals surface area contributed by atoms with Crippen LogP contribution in [-0.4, -0.2) is 38.3 Å². The van der Waals surface area contributed by atoms with E-state index < -0.39 is 5.97 Å². The summed E-state index contributed by atoms with van der Waals surface area (Å²) in [5.74, 6) is -0.222. The third-order valence-corrected chi connectivity index (χ3v) is 3.07. The maximum absolute atomic E-state index is 11.4. The SMILES string of the molecule is COCCNc1nc(CCl)c(C(=O)OC)s1. The summed E-state index contributed by atoms with van der Waals surface area (Å²) in [6.45, 7) is 1.20. The second kappa shape index (κ2) is 6.67. The molecular formula is C9H13ClN2O3S. The number of methoxy groups -OCH3 is 2. The van der Waals surface area contributed by atoms with E-state index in [1.54, 1.807) is 7.11 Å². The van der Waals surface area contributed by atoms with Gasteiger partial charge in [-0.15, -0.1) is 11.6 Å². The highest BCUT2D eigenvalue weighted by Crippen LogP contribution is 2.24. The number of ether oxygens (including phenoxy) is 2. The Morgan fingerprint density at radius 2 is 2.31 bits per heavy atom. The molecule has 0 aromatic carbocycles. The predicted octanol–water partition coefficient (Wildman–Crippen LogP) is 1.73. The van der Waals surface area contributed by atoms with Gasteiger partial charge in [-0.2, -0.15) is 0 Å². The van der Waals surface area contributed by atoms with Crippen LogP contribution in [0.3, 0.4) is 0 Å². The van der Waals surface area contributed by atoms with Crippen LogP contribution < -0.4 is 5.32 Å². The van der Waals surface area contributed by atoms with E-state index in [0.29, 0.717) is 28.9 Å². The minimum Gasteiger partial charge on any atom is -0.465 e. The zero-order valence-corrected chi connectivity index (χ0v) is 10.7. The molecule has 0 unspecified atom stereocenters. The van der Waals surface area contributed by atoms with Gasteiger partial charge in [0.15, 0.2) is 5.13 Å². The van der Waals surface area contributed by atoms with Crippen molar-refractivity contribution in [2.45, 2.75) is 5.88 Å². The van der Waals surface area contributed by atoms with Crippen molar-refractivity contribution in [1.29, 1.82) is 0 Å². The highest BCUT2D eigenvalue weighted by atomic mass is 35.5. The first-order valence-electron chi connectivity index (χ1n) is 4.59. The average molecular weight is 265 g/mol. The van der Waals surface area contributed by atoms with Crippen LogP contribution >= 0.6 is 22.9 Å². The average Bonchev–Trinajstić information content (AvgIpc) is 2.71. The smallest absolute Gasteiger partial charge is 0.350 e. The van der Waals surface area contributed by atoms with Crippen LogP contribution in [0.15, 0.2) is 0 Å². The fourth-order valence-electron chi connectivity index (χ4n) is 1.03. The van der Waals surface area contributed by atoms with E-state index in [2.05, 4.69) is 15.0 Å². The Kier molecular flexibility index (Phi) is 5.51. The van der Waals surface area contributed by atoms with Crippen molar-refractivity contribution >= 4 is 34.0 Å². The van der Waals surface area contributed by atoms with Gasteiger partial charge < -0.3 is 14.8 Å². The van der Waals surface area contributed by atoms with Gasteiger partial charge in [-0.05, 0) is 0 Å². The first-order valence-corrected chi connectivity index (χ1v) is 5.94. The zero-order chi connectivity index (χ0) is 12.0. The molecule has 0 aliphatic rings. The Balaban J connectivity index is 2.73. The van der Waals surface area contributed by atoms with Crippen molar-refractivity contribution < 1.29 is 14.3 Å². The van der Waals surface area contributed by atoms with Crippen molar-refractivity contribution in [1.82, 2.24) is 4.98 Å². The van der Waals surface area contributed by atoms with Gasteiger partial charge in [0.05, 0.1) is 25.3 Å². The minimum atomic E-state index is -0.409. The third kappa shape index (κ3) is 3.33. The summed E-state index contributed by atoms with van der Waals surface area (Å²) >= 11 is 6.92. The van der Waals surface area contributed by atoms with Crippen LogP contribution in [-0.2, 0) is 15.4 Å². The van der Waals surface area contributed by atoms with E-state index in [0.717, 1.165) is 0 Å². The predicted molar refractivity (Wildman–Crippen MR) is 63.4 cm³/mol. The molecule has 1 heterocycles. The van der Waals surface area contributed by atoms with Crippen LogP contribution in [0.2, 0.25) is 0 Å². The van der Waals surface area contributed by atoms with Crippen molar-refractivity contribution in [3.63, 3.8) is 0 Å². The number of carbonyl (C=O) groups excluding carboxylic acids is 1. The lowest BCUT2D eigenvalue weighted by Crippen LogP contribution is -2.07. The number of thiazole rings is 1. The van der Waals surface area contributed by atoms with Gasteiger partial charge in [0.1, 0.15) is 4.88 Å². The topological polar surface area (TPSA) is 60.5 Å². The molecule has 1 rings (SSSR count). The first-order chi connectivity index (χ1) is 7.72. The zero-order valence-electron chi connectivity index (χ0n) is 9.08. The first kappa shape index (κ1) is 13.2. The summed E-state index contributed by atoms with van der Waals surface area (Å²) in [7, 11) is 2.95. The third-order valence-electron chi connectivity index (χ3n) is 1.78. The van der Waals surface area contributed by atoms with Crippen molar-refractivity contribution in [3.8, 4) is 0 Å². The van der Waals surface area contributed by atoms with Gasteiger partial charge in [0, 0.05) is 13.7 Å². The molecule has 0 saturated carbocycles. The molecule has 0 amide bonds. The number of carbonyl (C=O) groups is 1. The van der Waals surface area contributed by atoms with E-state index in [9.17, 15) is 4.79 Å². The van der Waals surface area contributed by atoms with Crippen molar-refractivity contribution in [3.05, 3.63) is 10.6 Å². The molecule has 90 valence electrons. The lowest BCUT2D eigenvalue weighted by atomic mass is 10.4. The summed E-state index contributed by atoms with van der Waals surface area (Å²) in [5, 5.41) is 3.68. The van der Waals surface area contributed by atoms with Gasteiger partial charge in [-0.25, -0.2) is 9.78 Å². The lowest BCUT2D eigenvalue weighted by molar-refractivity contribution is 0.0605. The number of nitrogens with one attached hydrogen (secondary N) is 1. The number of hydrogen-bond acceptors (Lipinski definition) is 6. The maximum Gasteiger partial charge on any atom is 0.350 e. The molecular weight excluding hydrogens is 252 g/mol. The second-order valence-electron chi connectivity index (χ2n) is 2.84. The number of halogens is 1. The Hall–Kier alpha value is -0.850. The van der Waals surface area contributed by atoms with Crippen molar-refractivity contribution in [2.75, 3.05) is 32.7 Å². The number of anilines is 1. The molecule has 1 N–H and O–H groups in total. The molecule has 0 fully saturated rings. The van der Waals surface area contributed by atoms with E-state index in [-0.39, 0.29) is 5.88 Å². The molecule has 7 heteroatoms. The molecule has 1 aromatic rings. The fraction of sp³-hybridized carbons (Fsp3) is 0.556. The van der Waals surface area contributed by atoms with Gasteiger partial charge in [-0.1, -0.05) is 11.3 Å². The molecule has 1 aromatic heterocycles. The van der Waals surface area contributed by atoms with E-state index in [1.807, 2.05) is 0 Å². The van der Waals surface area contributed by atoms with Crippen LogP contribution in [0.1, 0.15) is 15.4 Å². The monoisotopic (exact) mass is 264 g/mol. The molecule has 0 aliphatic carbocycles. The molecule has 0 bridgehead atoms. The molecule has 16 heavy (non-hydrogen) atoms. The molecule has 0 spiro atoms. The Labute approximate surface area is 103 Å². The minimum absolute atomic E-state index is 0.187. The van der Waals surface area contributed by atoms with E-state index in [4.69, 9.17) is 16.3 Å². The maximum atomic E-state index is 11.4. The summed E-state index contributed by atoms with van der Waals surface area (Å²) in [4.78, 5) is 16.0. The lowest BCUT2D eigenvalue weighted by Gasteiger charge is -1.99. The number of esters is 1. The summed E-state index contributed by atoms with van der Waals surface area (Å²) in [5.41, 5.74) is 0.540. The van der Waals surface area contributed by atoms with Crippen LogP contribution in [0.25, 0.3) is 0 Å². The Bertz CT molecular complexity index is 357. The van der Waals surface area contributed by atoms with Gasteiger partial charge in [0.25, 0.3) is 0 Å². The van der Waals surface area contributed by atoms with E-state index >= 15 is 0 Å². The molecule has 0 aliphatic heterocycles. The van der Waals surface area contributed by atoms with Gasteiger partial charge in [-0.3, -0.25) is 0 Å². The standard InChI is InChI=1S/C9H13ClN2O3S/c1-14-4-3-11-9-12-6(5-10)7(16-9)8(13)15-2/h3-5H2,1-2H3,(H,11,12). The number of nitrogens with zero attached hydrogens (tertiary/aromatic N) is 1. The van der Waals surface area contributed by atoms with Crippen molar-refractivity contribution in [2.24, 2.45) is 0 Å². The second-order valence-corrected chi connectivity index (χ2v) is 4.11. The number of alkyl halides is 1. The summed E-state index contributed by atoms with van der Waals surface area (Å²) in [6.07, 6.45) is 0. The van der Waals surface area contributed by atoms with Gasteiger partial charge >= 0.3 is 5.97 Å². The molecule has 0 radical (unpaired) electrons. The fourth-order valence-corrected chi connectivity index (χ4v) is 2.23. The largest absolute Gasteiger partial charge is 0.465 e. The highest BCUT2D eigenvalue weighted by molar-refractivity contribution is 7.17. The number of hydrogen-bond donors (Lipinski definition) is 1. The molecule has 0 saturated heterocycles. The van der Waals surface area contributed by atoms with E-state index in [1.165, 1.54) is 18.4 Å². The summed E-state index contributed by atoms with van der Waals surface area (Å²) in [6, 6.07) is 0. The Morgan fingerprint density at radius 3 is 2.88 bits per heavy atom. The molecule has 0 atom stereocenters. The van der Waals surface area contributed by atoms with Crippen LogP contribution in [0, 0.1) is 0 Å².